The molecule has 0 radical (unpaired) electrons. The van der Waals surface area contributed by atoms with E-state index in [2.05, 4.69) is 4.90 Å². The molecule has 0 atom stereocenters. The van der Waals surface area contributed by atoms with Gasteiger partial charge in [0, 0.05) is 24.6 Å². The van der Waals surface area contributed by atoms with Crippen LogP contribution in [-0.2, 0) is 23.0 Å². The van der Waals surface area contributed by atoms with Gasteiger partial charge >= 0.3 is 0 Å². The number of sulfonamides is 1. The van der Waals surface area contributed by atoms with Crippen molar-refractivity contribution in [3.05, 3.63) is 88.5 Å². The van der Waals surface area contributed by atoms with E-state index in [1.54, 1.807) is 18.2 Å². The number of anilines is 1. The summed E-state index contributed by atoms with van der Waals surface area (Å²) in [5.74, 6) is 2.56. The van der Waals surface area contributed by atoms with Crippen LogP contribution < -0.4 is 4.31 Å². The molecular formula is C29H36N2O3S2. The van der Waals surface area contributed by atoms with Crippen molar-refractivity contribution in [1.82, 2.24) is 4.90 Å². The van der Waals surface area contributed by atoms with Crippen molar-refractivity contribution in [1.29, 1.82) is 0 Å². The first kappa shape index (κ1) is 26.6. The van der Waals surface area contributed by atoms with Crippen molar-refractivity contribution in [2.75, 3.05) is 35.4 Å². The highest BCUT2D eigenvalue weighted by Gasteiger charge is 2.29. The number of benzene rings is 3. The topological polar surface area (TPSA) is 60.9 Å². The molecule has 0 aromatic heterocycles. The Morgan fingerprint density at radius 2 is 1.58 bits per heavy atom. The minimum Gasteiger partial charge on any atom is -0.508 e. The maximum Gasteiger partial charge on any atom is 0.265 e. The van der Waals surface area contributed by atoms with Gasteiger partial charge in [0.05, 0.1) is 17.1 Å². The highest BCUT2D eigenvalue weighted by atomic mass is 32.2. The van der Waals surface area contributed by atoms with E-state index >= 15 is 0 Å². The van der Waals surface area contributed by atoms with Crippen LogP contribution in [-0.4, -0.2) is 49.6 Å². The molecule has 1 saturated heterocycles. The van der Waals surface area contributed by atoms with Crippen molar-refractivity contribution in [2.45, 2.75) is 45.1 Å². The van der Waals surface area contributed by atoms with E-state index in [-0.39, 0.29) is 12.3 Å². The van der Waals surface area contributed by atoms with Crippen molar-refractivity contribution in [3.8, 4) is 5.75 Å². The van der Waals surface area contributed by atoms with Crippen LogP contribution in [0.4, 0.5) is 5.69 Å². The van der Waals surface area contributed by atoms with Crippen molar-refractivity contribution in [2.24, 2.45) is 0 Å². The lowest BCUT2D eigenvalue weighted by atomic mass is 10.1. The fraction of sp³-hybridized carbons (Fsp3) is 0.379. The van der Waals surface area contributed by atoms with E-state index in [4.69, 9.17) is 0 Å². The minimum absolute atomic E-state index is 0.121. The summed E-state index contributed by atoms with van der Waals surface area (Å²) in [7, 11) is -3.84. The van der Waals surface area contributed by atoms with Crippen molar-refractivity contribution >= 4 is 27.5 Å². The lowest BCUT2D eigenvalue weighted by molar-refractivity contribution is 0.299. The zero-order valence-corrected chi connectivity index (χ0v) is 23.0. The predicted octanol–water partition coefficient (Wildman–Crippen LogP) is 5.69. The number of hydrogen-bond donors (Lipinski definition) is 1. The summed E-state index contributed by atoms with van der Waals surface area (Å²) < 4.78 is 29.6. The van der Waals surface area contributed by atoms with Gasteiger partial charge in [0.15, 0.2) is 0 Å². The zero-order chi connectivity index (χ0) is 25.7. The lowest BCUT2D eigenvalue weighted by Crippen LogP contribution is -2.33. The van der Waals surface area contributed by atoms with Crippen LogP contribution in [0.3, 0.4) is 0 Å². The second kappa shape index (κ2) is 11.7. The van der Waals surface area contributed by atoms with Crippen LogP contribution in [0.15, 0.2) is 65.6 Å². The highest BCUT2D eigenvalue weighted by Crippen LogP contribution is 2.31. The molecule has 3 aromatic rings. The average Bonchev–Trinajstić information content (AvgIpc) is 2.83. The molecule has 5 nitrogen and oxygen atoms in total. The van der Waals surface area contributed by atoms with Crippen molar-refractivity contribution in [3.63, 3.8) is 0 Å². The first-order valence-electron chi connectivity index (χ1n) is 12.5. The Bertz CT molecular complexity index is 1260. The molecule has 0 unspecified atom stereocenters. The number of phenols is 1. The van der Waals surface area contributed by atoms with Crippen LogP contribution in [0.1, 0.15) is 34.2 Å². The van der Waals surface area contributed by atoms with Crippen LogP contribution in [0.5, 0.6) is 5.75 Å². The lowest BCUT2D eigenvalue weighted by Gasteiger charge is -2.27. The molecule has 0 aliphatic carbocycles. The minimum atomic E-state index is -3.84. The van der Waals surface area contributed by atoms with E-state index in [1.807, 2.05) is 75.0 Å². The molecule has 1 aliphatic rings. The summed E-state index contributed by atoms with van der Waals surface area (Å²) in [5, 5.41) is 9.98. The summed E-state index contributed by atoms with van der Waals surface area (Å²) in [5.41, 5.74) is 5.07. The molecule has 0 spiro atoms. The third-order valence-corrected chi connectivity index (χ3v) is 9.68. The molecule has 7 heteroatoms. The Hall–Kier alpha value is -2.48. The van der Waals surface area contributed by atoms with Gasteiger partial charge in [-0.1, -0.05) is 42.0 Å². The van der Waals surface area contributed by atoms with E-state index in [9.17, 15) is 13.5 Å². The highest BCUT2D eigenvalue weighted by molar-refractivity contribution is 7.99. The van der Waals surface area contributed by atoms with Gasteiger partial charge in [-0.2, -0.15) is 11.8 Å². The fourth-order valence-electron chi connectivity index (χ4n) is 4.98. The molecule has 1 N–H and O–H groups in total. The van der Waals surface area contributed by atoms with Crippen LogP contribution >= 0.6 is 11.8 Å². The number of aryl methyl sites for hydroxylation is 4. The normalized spacial score (nSPS) is 14.6. The van der Waals surface area contributed by atoms with Crippen LogP contribution in [0, 0.1) is 20.8 Å². The molecule has 0 saturated carbocycles. The van der Waals surface area contributed by atoms with E-state index in [0.29, 0.717) is 10.6 Å². The largest absolute Gasteiger partial charge is 0.508 e. The number of thioether (sulfide) groups is 1. The maximum atomic E-state index is 14.1. The van der Waals surface area contributed by atoms with Gasteiger partial charge in [0.1, 0.15) is 5.75 Å². The quantitative estimate of drug-likeness (QED) is 0.389. The van der Waals surface area contributed by atoms with Gasteiger partial charge in [-0.3, -0.25) is 4.31 Å². The maximum absolute atomic E-state index is 14.1. The number of rotatable bonds is 9. The van der Waals surface area contributed by atoms with E-state index < -0.39 is 10.0 Å². The zero-order valence-electron chi connectivity index (χ0n) is 21.4. The Morgan fingerprint density at radius 1 is 0.917 bits per heavy atom. The Labute approximate surface area is 220 Å². The Balaban J connectivity index is 1.60. The van der Waals surface area contributed by atoms with E-state index in [0.717, 1.165) is 41.6 Å². The molecule has 0 amide bonds. The second-order valence-corrected chi connectivity index (χ2v) is 12.7. The van der Waals surface area contributed by atoms with Gasteiger partial charge < -0.3 is 10.0 Å². The molecule has 192 valence electrons. The smallest absolute Gasteiger partial charge is 0.265 e. The standard InChI is InChI=1S/C29H36N2O3S2/c1-22-18-23(2)29(24(3)19-22)36(33,34)31(21-26-6-4-8-28(32)20-26)27-11-9-25(10-12-27)7-5-13-30-14-16-35-17-15-30/h4,6,8-12,18-20,32H,5,7,13-17,21H2,1-3H3. The predicted molar refractivity (Wildman–Crippen MR) is 151 cm³/mol. The number of nitrogens with zero attached hydrogens (tertiary/aromatic N) is 2. The molecule has 1 fully saturated rings. The molecule has 3 aromatic carbocycles. The Kier molecular flexibility index (Phi) is 8.65. The van der Waals surface area contributed by atoms with Gasteiger partial charge in [0.2, 0.25) is 0 Å². The summed E-state index contributed by atoms with van der Waals surface area (Å²) in [4.78, 5) is 2.87. The number of aromatic hydroxyl groups is 1. The van der Waals surface area contributed by atoms with Gasteiger partial charge in [-0.05, 0) is 86.7 Å². The molecule has 1 heterocycles. The fourth-order valence-corrected chi connectivity index (χ4v) is 7.83. The van der Waals surface area contributed by atoms with Gasteiger partial charge in [0.25, 0.3) is 10.0 Å². The molecule has 1 aliphatic heterocycles. The average molecular weight is 525 g/mol. The van der Waals surface area contributed by atoms with E-state index in [1.165, 1.54) is 34.5 Å². The Morgan fingerprint density at radius 3 is 2.22 bits per heavy atom. The third kappa shape index (κ3) is 6.44. The number of hydrogen-bond acceptors (Lipinski definition) is 5. The monoisotopic (exact) mass is 524 g/mol. The van der Waals surface area contributed by atoms with Crippen LogP contribution in [0.2, 0.25) is 0 Å². The van der Waals surface area contributed by atoms with Gasteiger partial charge in [-0.15, -0.1) is 0 Å². The molecule has 4 rings (SSSR count). The first-order valence-corrected chi connectivity index (χ1v) is 15.1. The summed E-state index contributed by atoms with van der Waals surface area (Å²) >= 11 is 2.03. The first-order chi connectivity index (χ1) is 17.2. The van der Waals surface area contributed by atoms with Crippen molar-refractivity contribution < 1.29 is 13.5 Å². The SMILES string of the molecule is Cc1cc(C)c(S(=O)(=O)N(Cc2cccc(O)c2)c2ccc(CCCN3CCSCC3)cc2)c(C)c1. The summed E-state index contributed by atoms with van der Waals surface area (Å²) in [6.45, 7) is 9.26. The summed E-state index contributed by atoms with van der Waals surface area (Å²) in [6, 6.07) is 18.5. The third-order valence-electron chi connectivity index (χ3n) is 6.66. The van der Waals surface area contributed by atoms with Crippen LogP contribution in [0.25, 0.3) is 0 Å². The molecule has 0 bridgehead atoms. The number of phenolic OH excluding ortho intramolecular Hbond substituents is 1. The molecular weight excluding hydrogens is 488 g/mol. The summed E-state index contributed by atoms with van der Waals surface area (Å²) in [6.07, 6.45) is 2.07. The van der Waals surface area contributed by atoms with Gasteiger partial charge in [-0.25, -0.2) is 8.42 Å². The molecule has 36 heavy (non-hydrogen) atoms. The second-order valence-electron chi connectivity index (χ2n) is 9.63.